The van der Waals surface area contributed by atoms with E-state index in [0.29, 0.717) is 10.7 Å². The van der Waals surface area contributed by atoms with Gasteiger partial charge < -0.3 is 5.73 Å². The third kappa shape index (κ3) is 1.53. The van der Waals surface area contributed by atoms with Crippen molar-refractivity contribution in [1.29, 1.82) is 0 Å². The van der Waals surface area contributed by atoms with E-state index in [9.17, 15) is 4.39 Å². The lowest BCUT2D eigenvalue weighted by Gasteiger charge is -1.96. The van der Waals surface area contributed by atoms with Crippen LogP contribution in [-0.2, 0) is 0 Å². The molecule has 0 saturated heterocycles. The number of anilines is 1. The highest BCUT2D eigenvalue weighted by molar-refractivity contribution is 7.18. The van der Waals surface area contributed by atoms with Crippen molar-refractivity contribution in [3.63, 3.8) is 0 Å². The summed E-state index contributed by atoms with van der Waals surface area (Å²) in [5.74, 6) is -0.244. The molecule has 4 heteroatoms. The van der Waals surface area contributed by atoms with Crippen molar-refractivity contribution >= 4 is 16.5 Å². The molecule has 13 heavy (non-hydrogen) atoms. The van der Waals surface area contributed by atoms with Gasteiger partial charge in [-0.1, -0.05) is 29.5 Å². The SMILES string of the molecule is Nc1ncc(-c2ccccc2F)s1. The van der Waals surface area contributed by atoms with E-state index in [0.717, 1.165) is 4.88 Å². The number of halogens is 1. The molecule has 1 heterocycles. The molecular formula is C9H7FN2S. The molecule has 0 atom stereocenters. The standard InChI is InChI=1S/C9H7FN2S/c10-7-4-2-1-3-6(7)8-5-12-9(11)13-8/h1-5H,(H2,11,12). The van der Waals surface area contributed by atoms with E-state index < -0.39 is 0 Å². The second kappa shape index (κ2) is 3.14. The number of thiazole rings is 1. The molecule has 2 nitrogen and oxygen atoms in total. The lowest BCUT2D eigenvalue weighted by atomic mass is 10.2. The van der Waals surface area contributed by atoms with Crippen molar-refractivity contribution in [2.75, 3.05) is 5.73 Å². The first-order chi connectivity index (χ1) is 6.27. The summed E-state index contributed by atoms with van der Waals surface area (Å²) in [4.78, 5) is 4.62. The molecule has 0 radical (unpaired) electrons. The molecule has 0 spiro atoms. The Morgan fingerprint density at radius 1 is 1.31 bits per heavy atom. The average Bonchev–Trinajstić information content (AvgIpc) is 2.53. The van der Waals surface area contributed by atoms with E-state index in [4.69, 9.17) is 5.73 Å². The number of nitrogens with zero attached hydrogens (tertiary/aromatic N) is 1. The minimum Gasteiger partial charge on any atom is -0.375 e. The Morgan fingerprint density at radius 3 is 2.69 bits per heavy atom. The van der Waals surface area contributed by atoms with Crippen LogP contribution < -0.4 is 5.73 Å². The second-order valence-electron chi connectivity index (χ2n) is 2.54. The van der Waals surface area contributed by atoms with Gasteiger partial charge in [0.2, 0.25) is 0 Å². The Morgan fingerprint density at radius 2 is 2.08 bits per heavy atom. The van der Waals surface area contributed by atoms with Gasteiger partial charge in [-0.2, -0.15) is 0 Å². The molecule has 0 saturated carbocycles. The molecule has 0 unspecified atom stereocenters. The zero-order chi connectivity index (χ0) is 9.26. The van der Waals surface area contributed by atoms with Crippen LogP contribution in [0, 0.1) is 5.82 Å². The van der Waals surface area contributed by atoms with Crippen LogP contribution in [0.2, 0.25) is 0 Å². The number of benzene rings is 1. The van der Waals surface area contributed by atoms with Crippen molar-refractivity contribution in [3.8, 4) is 10.4 Å². The number of nitrogens with two attached hydrogens (primary N) is 1. The van der Waals surface area contributed by atoms with Crippen LogP contribution in [0.25, 0.3) is 10.4 Å². The first kappa shape index (κ1) is 8.19. The van der Waals surface area contributed by atoms with Crippen LogP contribution in [0.4, 0.5) is 9.52 Å². The molecule has 0 bridgehead atoms. The lowest BCUT2D eigenvalue weighted by Crippen LogP contribution is -1.78. The molecule has 0 aliphatic rings. The van der Waals surface area contributed by atoms with Crippen LogP contribution in [0.1, 0.15) is 0 Å². The molecule has 0 aliphatic heterocycles. The lowest BCUT2D eigenvalue weighted by molar-refractivity contribution is 0.631. The van der Waals surface area contributed by atoms with Gasteiger partial charge in [-0.05, 0) is 6.07 Å². The topological polar surface area (TPSA) is 38.9 Å². The van der Waals surface area contributed by atoms with Crippen LogP contribution in [-0.4, -0.2) is 4.98 Å². The molecule has 0 aliphatic carbocycles. The van der Waals surface area contributed by atoms with Crippen molar-refractivity contribution in [2.45, 2.75) is 0 Å². The molecule has 2 rings (SSSR count). The first-order valence-electron chi connectivity index (χ1n) is 3.73. The second-order valence-corrected chi connectivity index (χ2v) is 3.60. The summed E-state index contributed by atoms with van der Waals surface area (Å²) in [6.45, 7) is 0. The highest BCUT2D eigenvalue weighted by atomic mass is 32.1. The van der Waals surface area contributed by atoms with Gasteiger partial charge in [0, 0.05) is 11.8 Å². The predicted molar refractivity (Wildman–Crippen MR) is 51.9 cm³/mol. The van der Waals surface area contributed by atoms with Crippen molar-refractivity contribution in [2.24, 2.45) is 0 Å². The number of aromatic nitrogens is 1. The highest BCUT2D eigenvalue weighted by Crippen LogP contribution is 2.28. The van der Waals surface area contributed by atoms with E-state index in [1.54, 1.807) is 24.4 Å². The summed E-state index contributed by atoms with van der Waals surface area (Å²) in [5, 5.41) is 0.457. The number of nitrogen functional groups attached to an aromatic ring is 1. The molecular weight excluding hydrogens is 187 g/mol. The Labute approximate surface area is 78.9 Å². The van der Waals surface area contributed by atoms with E-state index in [1.165, 1.54) is 17.4 Å². The molecule has 1 aromatic heterocycles. The molecule has 1 aromatic carbocycles. The first-order valence-corrected chi connectivity index (χ1v) is 4.55. The molecule has 0 amide bonds. The zero-order valence-corrected chi connectivity index (χ0v) is 7.51. The van der Waals surface area contributed by atoms with E-state index in [1.807, 2.05) is 0 Å². The number of hydrogen-bond acceptors (Lipinski definition) is 3. The molecule has 2 aromatic rings. The maximum absolute atomic E-state index is 13.2. The van der Waals surface area contributed by atoms with Crippen LogP contribution >= 0.6 is 11.3 Å². The van der Waals surface area contributed by atoms with Gasteiger partial charge >= 0.3 is 0 Å². The fraction of sp³-hybridized carbons (Fsp3) is 0. The highest BCUT2D eigenvalue weighted by Gasteiger charge is 2.06. The summed E-state index contributed by atoms with van der Waals surface area (Å²) in [6.07, 6.45) is 1.58. The summed E-state index contributed by atoms with van der Waals surface area (Å²) in [5.41, 5.74) is 6.00. The normalized spacial score (nSPS) is 10.2. The molecule has 66 valence electrons. The number of hydrogen-bond donors (Lipinski definition) is 1. The van der Waals surface area contributed by atoms with Crippen molar-refractivity contribution in [1.82, 2.24) is 4.98 Å². The van der Waals surface area contributed by atoms with Crippen molar-refractivity contribution < 1.29 is 4.39 Å². The van der Waals surface area contributed by atoms with Crippen molar-refractivity contribution in [3.05, 3.63) is 36.3 Å². The van der Waals surface area contributed by atoms with Gasteiger partial charge in [-0.25, -0.2) is 9.37 Å². The van der Waals surface area contributed by atoms with Crippen LogP contribution in [0.15, 0.2) is 30.5 Å². The molecule has 2 N–H and O–H groups in total. The monoisotopic (exact) mass is 194 g/mol. The van der Waals surface area contributed by atoms with Gasteiger partial charge in [0.1, 0.15) is 5.82 Å². The van der Waals surface area contributed by atoms with Gasteiger partial charge in [0.15, 0.2) is 5.13 Å². The Hall–Kier alpha value is -1.42. The van der Waals surface area contributed by atoms with Crippen LogP contribution in [0.3, 0.4) is 0 Å². The van der Waals surface area contributed by atoms with Gasteiger partial charge in [0.05, 0.1) is 4.88 Å². The summed E-state index contributed by atoms with van der Waals surface area (Å²) in [7, 11) is 0. The summed E-state index contributed by atoms with van der Waals surface area (Å²) < 4.78 is 13.2. The van der Waals surface area contributed by atoms with Gasteiger partial charge in [-0.3, -0.25) is 0 Å². The number of rotatable bonds is 1. The van der Waals surface area contributed by atoms with E-state index >= 15 is 0 Å². The largest absolute Gasteiger partial charge is 0.375 e. The van der Waals surface area contributed by atoms with Crippen LogP contribution in [0.5, 0.6) is 0 Å². The smallest absolute Gasteiger partial charge is 0.180 e. The minimum atomic E-state index is -0.244. The summed E-state index contributed by atoms with van der Waals surface area (Å²) >= 11 is 1.28. The fourth-order valence-electron chi connectivity index (χ4n) is 1.07. The minimum absolute atomic E-state index is 0.244. The maximum atomic E-state index is 13.2. The molecule has 0 fully saturated rings. The summed E-state index contributed by atoms with van der Waals surface area (Å²) in [6, 6.07) is 6.57. The Balaban J connectivity index is 2.52. The maximum Gasteiger partial charge on any atom is 0.180 e. The quantitative estimate of drug-likeness (QED) is 0.757. The van der Waals surface area contributed by atoms with E-state index in [2.05, 4.69) is 4.98 Å². The third-order valence-electron chi connectivity index (χ3n) is 1.66. The van der Waals surface area contributed by atoms with E-state index in [-0.39, 0.29) is 5.82 Å². The zero-order valence-electron chi connectivity index (χ0n) is 6.70. The fourth-order valence-corrected chi connectivity index (χ4v) is 1.78. The predicted octanol–water partition coefficient (Wildman–Crippen LogP) is 2.53. The Bertz CT molecular complexity index is 425. The van der Waals surface area contributed by atoms with Gasteiger partial charge in [-0.15, -0.1) is 0 Å². The third-order valence-corrected chi connectivity index (χ3v) is 2.52. The average molecular weight is 194 g/mol. The van der Waals surface area contributed by atoms with Gasteiger partial charge in [0.25, 0.3) is 0 Å². The Kier molecular flexibility index (Phi) is 1.98.